The predicted octanol–water partition coefficient (Wildman–Crippen LogP) is 5.26. The van der Waals surface area contributed by atoms with Crippen molar-refractivity contribution in [3.8, 4) is 0 Å². The third-order valence-electron chi connectivity index (χ3n) is 5.31. The predicted molar refractivity (Wildman–Crippen MR) is 102 cm³/mol. The molecule has 0 aromatic heterocycles. The van der Waals surface area contributed by atoms with Gasteiger partial charge in [0.15, 0.2) is 0 Å². The van der Waals surface area contributed by atoms with Crippen LogP contribution in [0.2, 0.25) is 0 Å². The Morgan fingerprint density at radius 3 is 2.67 bits per heavy atom. The second kappa shape index (κ2) is 7.38. The first-order valence-corrected chi connectivity index (χ1v) is 10.1. The highest BCUT2D eigenvalue weighted by Crippen LogP contribution is 2.40. The van der Waals surface area contributed by atoms with Crippen LogP contribution in [0.5, 0.6) is 0 Å². The molecule has 130 valence electrons. The van der Waals surface area contributed by atoms with Crippen LogP contribution in [0.25, 0.3) is 0 Å². The molecule has 3 rings (SSSR count). The van der Waals surface area contributed by atoms with E-state index in [1.165, 1.54) is 11.1 Å². The fourth-order valence-corrected chi connectivity index (χ4v) is 4.40. The van der Waals surface area contributed by atoms with E-state index >= 15 is 0 Å². The smallest absolute Gasteiger partial charge is 0.256 e. The maximum atomic E-state index is 13.1. The number of carbonyl (C=O) groups excluding carboxylic acids is 1. The number of halogens is 1. The van der Waals surface area contributed by atoms with E-state index in [0.29, 0.717) is 6.54 Å². The number of aliphatic imine (C=N–C) groups is 1. The molecular weight excluding hydrogens is 364 g/mol. The molecule has 1 aromatic carbocycles. The highest BCUT2D eigenvalue weighted by Gasteiger charge is 2.49. The lowest BCUT2D eigenvalue weighted by atomic mass is 9.98. The summed E-state index contributed by atoms with van der Waals surface area (Å²) in [6, 6.07) is 6.44. The Kier molecular flexibility index (Phi) is 5.43. The zero-order valence-corrected chi connectivity index (χ0v) is 16.4. The summed E-state index contributed by atoms with van der Waals surface area (Å²) in [6.07, 6.45) is 8.25. The van der Waals surface area contributed by atoms with Crippen molar-refractivity contribution in [3.05, 3.63) is 33.8 Å². The maximum absolute atomic E-state index is 13.1. The number of benzene rings is 1. The summed E-state index contributed by atoms with van der Waals surface area (Å²) in [5, 5.41) is 0. The molecule has 4 heteroatoms. The van der Waals surface area contributed by atoms with Gasteiger partial charge in [0.05, 0.1) is 6.54 Å². The van der Waals surface area contributed by atoms with Gasteiger partial charge in [0.1, 0.15) is 11.4 Å². The van der Waals surface area contributed by atoms with Gasteiger partial charge in [-0.2, -0.15) is 0 Å². The van der Waals surface area contributed by atoms with E-state index < -0.39 is 5.54 Å². The van der Waals surface area contributed by atoms with Gasteiger partial charge < -0.3 is 0 Å². The van der Waals surface area contributed by atoms with Gasteiger partial charge in [0.25, 0.3) is 5.91 Å². The molecule has 0 saturated heterocycles. The molecule has 3 nitrogen and oxygen atoms in total. The Bertz CT molecular complexity index is 647. The lowest BCUT2D eigenvalue weighted by Gasteiger charge is -2.23. The van der Waals surface area contributed by atoms with Crippen molar-refractivity contribution in [2.75, 3.05) is 0 Å². The zero-order valence-electron chi connectivity index (χ0n) is 14.8. The molecule has 1 aliphatic heterocycles. The van der Waals surface area contributed by atoms with Crippen molar-refractivity contribution >= 4 is 27.7 Å². The number of unbranched alkanes of at least 4 members (excludes halogenated alkanes) is 1. The van der Waals surface area contributed by atoms with Gasteiger partial charge in [-0.3, -0.25) is 14.7 Å². The van der Waals surface area contributed by atoms with Gasteiger partial charge in [-0.1, -0.05) is 61.2 Å². The van der Waals surface area contributed by atoms with E-state index in [1.807, 2.05) is 4.90 Å². The average molecular weight is 391 g/mol. The van der Waals surface area contributed by atoms with Crippen LogP contribution in [0.15, 0.2) is 27.7 Å². The summed E-state index contributed by atoms with van der Waals surface area (Å²) >= 11 is 3.61. The van der Waals surface area contributed by atoms with Crippen molar-refractivity contribution in [3.63, 3.8) is 0 Å². The molecule has 1 aliphatic carbocycles. The van der Waals surface area contributed by atoms with Crippen LogP contribution in [0, 0.1) is 0 Å². The molecule has 0 unspecified atom stereocenters. The van der Waals surface area contributed by atoms with Crippen LogP contribution < -0.4 is 0 Å². The van der Waals surface area contributed by atoms with E-state index in [0.717, 1.165) is 61.7 Å². The normalized spacial score (nSPS) is 19.4. The number of amides is 1. The highest BCUT2D eigenvalue weighted by atomic mass is 79.9. The van der Waals surface area contributed by atoms with E-state index in [1.54, 1.807) is 0 Å². The molecule has 0 bridgehead atoms. The molecule has 1 aromatic rings. The van der Waals surface area contributed by atoms with Crippen LogP contribution in [0.1, 0.15) is 69.9 Å². The van der Waals surface area contributed by atoms with E-state index in [2.05, 4.69) is 48.0 Å². The Morgan fingerprint density at radius 1 is 1.25 bits per heavy atom. The lowest BCUT2D eigenvalue weighted by Crippen LogP contribution is -2.40. The number of rotatable bonds is 6. The molecule has 0 atom stereocenters. The molecule has 24 heavy (non-hydrogen) atoms. The van der Waals surface area contributed by atoms with Crippen LogP contribution in [0.3, 0.4) is 0 Å². The summed E-state index contributed by atoms with van der Waals surface area (Å²) in [5.74, 6) is 1.26. The van der Waals surface area contributed by atoms with Crippen molar-refractivity contribution in [1.82, 2.24) is 4.90 Å². The van der Waals surface area contributed by atoms with E-state index in [4.69, 9.17) is 4.99 Å². The number of hydrogen-bond donors (Lipinski definition) is 0. The quantitative estimate of drug-likeness (QED) is 0.652. The van der Waals surface area contributed by atoms with E-state index in [9.17, 15) is 4.79 Å². The van der Waals surface area contributed by atoms with E-state index in [-0.39, 0.29) is 5.91 Å². The third-order valence-corrected chi connectivity index (χ3v) is 6.09. The number of amidine groups is 1. The first kappa shape index (κ1) is 17.7. The molecule has 0 N–H and O–H groups in total. The molecule has 1 amide bonds. The fourth-order valence-electron chi connectivity index (χ4n) is 3.88. The average Bonchev–Trinajstić information content (AvgIpc) is 3.16. The molecule has 2 aliphatic rings. The zero-order chi connectivity index (χ0) is 17.2. The lowest BCUT2D eigenvalue weighted by molar-refractivity contribution is -0.131. The minimum atomic E-state index is -0.425. The van der Waals surface area contributed by atoms with Crippen LogP contribution in [0.4, 0.5) is 0 Å². The van der Waals surface area contributed by atoms with Crippen LogP contribution in [-0.2, 0) is 17.8 Å². The maximum Gasteiger partial charge on any atom is 0.256 e. The fraction of sp³-hybridized carbons (Fsp3) is 0.600. The summed E-state index contributed by atoms with van der Waals surface area (Å²) in [6.45, 7) is 5.01. The molecule has 1 spiro atoms. The van der Waals surface area contributed by atoms with Crippen LogP contribution >= 0.6 is 15.9 Å². The van der Waals surface area contributed by atoms with Gasteiger partial charge in [-0.05, 0) is 42.9 Å². The van der Waals surface area contributed by atoms with Gasteiger partial charge >= 0.3 is 0 Å². The summed E-state index contributed by atoms with van der Waals surface area (Å²) in [5.41, 5.74) is 2.07. The summed E-state index contributed by atoms with van der Waals surface area (Å²) in [7, 11) is 0. The Labute approximate surface area is 153 Å². The first-order chi connectivity index (χ1) is 11.6. The largest absolute Gasteiger partial charge is 0.294 e. The Hall–Kier alpha value is -1.16. The second-order valence-corrected chi connectivity index (χ2v) is 7.90. The van der Waals surface area contributed by atoms with Gasteiger partial charge in [-0.25, -0.2) is 0 Å². The topological polar surface area (TPSA) is 32.7 Å². The molecule has 1 fully saturated rings. The monoisotopic (exact) mass is 390 g/mol. The van der Waals surface area contributed by atoms with Crippen molar-refractivity contribution < 1.29 is 4.79 Å². The minimum Gasteiger partial charge on any atom is -0.294 e. The van der Waals surface area contributed by atoms with Gasteiger partial charge in [-0.15, -0.1) is 0 Å². The number of hydrogen-bond acceptors (Lipinski definition) is 2. The van der Waals surface area contributed by atoms with Gasteiger partial charge in [0.2, 0.25) is 0 Å². The van der Waals surface area contributed by atoms with Crippen molar-refractivity contribution in [1.29, 1.82) is 0 Å². The number of aryl methyl sites for hydroxylation is 1. The SMILES string of the molecule is CCCCC1=NC2(CCCC2)C(=O)N1Cc1ccc(Br)c(CC)c1. The summed E-state index contributed by atoms with van der Waals surface area (Å²) < 4.78 is 1.15. The Balaban J connectivity index is 1.84. The Morgan fingerprint density at radius 2 is 2.00 bits per heavy atom. The van der Waals surface area contributed by atoms with Crippen molar-refractivity contribution in [2.24, 2.45) is 4.99 Å². The molecule has 1 saturated carbocycles. The number of carbonyl (C=O) groups is 1. The molecular formula is C20H27BrN2O. The third kappa shape index (κ3) is 3.30. The second-order valence-electron chi connectivity index (χ2n) is 7.04. The van der Waals surface area contributed by atoms with Crippen molar-refractivity contribution in [2.45, 2.75) is 77.3 Å². The van der Waals surface area contributed by atoms with Gasteiger partial charge in [0, 0.05) is 10.9 Å². The highest BCUT2D eigenvalue weighted by molar-refractivity contribution is 9.10. The first-order valence-electron chi connectivity index (χ1n) is 9.27. The molecule has 1 heterocycles. The van der Waals surface area contributed by atoms with Crippen LogP contribution in [-0.4, -0.2) is 22.2 Å². The standard InChI is InChI=1S/C20H27BrN2O/c1-3-5-8-18-22-20(11-6-7-12-20)19(24)23(18)14-15-9-10-17(21)16(4-2)13-15/h9-10,13H,3-8,11-12,14H2,1-2H3. The summed E-state index contributed by atoms with van der Waals surface area (Å²) in [4.78, 5) is 20.1. The molecule has 0 radical (unpaired) electrons. The minimum absolute atomic E-state index is 0.243. The number of nitrogens with zero attached hydrogens (tertiary/aromatic N) is 2.